The molecule has 0 radical (unpaired) electrons. The van der Waals surface area contributed by atoms with Crippen molar-refractivity contribution in [3.8, 4) is 0 Å². The molecule has 1 N–H and O–H groups in total. The van der Waals surface area contributed by atoms with Crippen LogP contribution in [0.4, 0.5) is 0 Å². The lowest BCUT2D eigenvalue weighted by atomic mass is 9.49. The minimum atomic E-state index is -0.965. The first kappa shape index (κ1) is 16.3. The molecular weight excluding hydrogens is 298 g/mol. The third-order valence-corrected chi connectivity index (χ3v) is 5.91. The number of methoxy groups -OCH3 is 2. The smallest absolute Gasteiger partial charge is 0.328 e. The molecule has 1 amide bonds. The van der Waals surface area contributed by atoms with Crippen LogP contribution in [0.3, 0.4) is 0 Å². The fourth-order valence-corrected chi connectivity index (χ4v) is 5.29. The van der Waals surface area contributed by atoms with E-state index in [0.717, 1.165) is 19.3 Å². The summed E-state index contributed by atoms with van der Waals surface area (Å²) in [6.07, 6.45) is 6.28. The molecule has 128 valence electrons. The molecule has 4 aliphatic rings. The molecule has 4 rings (SSSR count). The number of carbonyl (C=O) groups is 3. The van der Waals surface area contributed by atoms with Crippen LogP contribution in [0, 0.1) is 23.2 Å². The number of hydrogen-bond donors (Lipinski definition) is 1. The number of carbonyl (C=O) groups excluding carboxylic acids is 3. The van der Waals surface area contributed by atoms with Gasteiger partial charge in [-0.05, 0) is 56.3 Å². The average molecular weight is 323 g/mol. The summed E-state index contributed by atoms with van der Waals surface area (Å²) >= 11 is 0. The maximum atomic E-state index is 12.9. The van der Waals surface area contributed by atoms with Crippen LogP contribution in [-0.4, -0.2) is 38.1 Å². The van der Waals surface area contributed by atoms with E-state index < -0.39 is 18.0 Å². The van der Waals surface area contributed by atoms with Crippen molar-refractivity contribution in [1.29, 1.82) is 0 Å². The molecule has 4 aliphatic carbocycles. The summed E-state index contributed by atoms with van der Waals surface area (Å²) in [6, 6.07) is -0.965. The van der Waals surface area contributed by atoms with Crippen LogP contribution in [0.25, 0.3) is 0 Å². The number of ether oxygens (including phenoxy) is 2. The monoisotopic (exact) mass is 323 g/mol. The van der Waals surface area contributed by atoms with Gasteiger partial charge < -0.3 is 14.8 Å². The molecule has 0 aromatic carbocycles. The molecule has 4 bridgehead atoms. The van der Waals surface area contributed by atoms with Crippen molar-refractivity contribution in [1.82, 2.24) is 5.32 Å². The summed E-state index contributed by atoms with van der Waals surface area (Å²) < 4.78 is 9.32. The van der Waals surface area contributed by atoms with Gasteiger partial charge in [-0.1, -0.05) is 0 Å². The minimum Gasteiger partial charge on any atom is -0.469 e. The lowest BCUT2D eigenvalue weighted by Gasteiger charge is -2.55. The van der Waals surface area contributed by atoms with E-state index >= 15 is 0 Å². The van der Waals surface area contributed by atoms with E-state index in [4.69, 9.17) is 4.74 Å². The zero-order chi connectivity index (χ0) is 16.6. The van der Waals surface area contributed by atoms with Gasteiger partial charge in [0.05, 0.1) is 20.6 Å². The molecule has 0 aromatic heterocycles. The Morgan fingerprint density at radius 1 is 1.00 bits per heavy atom. The minimum absolute atomic E-state index is 0.0871. The van der Waals surface area contributed by atoms with Gasteiger partial charge >= 0.3 is 11.9 Å². The normalized spacial score (nSPS) is 35.5. The van der Waals surface area contributed by atoms with E-state index in [9.17, 15) is 14.4 Å². The van der Waals surface area contributed by atoms with Crippen LogP contribution in [0.5, 0.6) is 0 Å². The Balaban J connectivity index is 1.71. The Labute approximate surface area is 136 Å². The second kappa shape index (κ2) is 6.13. The van der Waals surface area contributed by atoms with Gasteiger partial charge in [0.15, 0.2) is 0 Å². The van der Waals surface area contributed by atoms with Gasteiger partial charge in [-0.2, -0.15) is 0 Å². The molecule has 4 fully saturated rings. The Bertz CT molecular complexity index is 480. The van der Waals surface area contributed by atoms with E-state index in [2.05, 4.69) is 10.1 Å². The summed E-state index contributed by atoms with van der Waals surface area (Å²) in [4.78, 5) is 36.3. The average Bonchev–Trinajstić information content (AvgIpc) is 2.51. The van der Waals surface area contributed by atoms with Crippen molar-refractivity contribution in [3.05, 3.63) is 0 Å². The zero-order valence-corrected chi connectivity index (χ0v) is 13.8. The molecule has 0 saturated heterocycles. The highest BCUT2D eigenvalue weighted by molar-refractivity contribution is 5.90. The number of nitrogens with one attached hydrogen (secondary N) is 1. The molecule has 6 nitrogen and oxygen atoms in total. The zero-order valence-electron chi connectivity index (χ0n) is 13.8. The van der Waals surface area contributed by atoms with Crippen LogP contribution in [-0.2, 0) is 23.9 Å². The lowest BCUT2D eigenvalue weighted by Crippen LogP contribution is -2.56. The Kier molecular flexibility index (Phi) is 4.34. The number of rotatable bonds is 5. The molecular formula is C17H25NO5. The summed E-state index contributed by atoms with van der Waals surface area (Å²) in [5.41, 5.74) is -0.350. The second-order valence-corrected chi connectivity index (χ2v) is 7.53. The predicted octanol–water partition coefficient (Wildman–Crippen LogP) is 1.42. The van der Waals surface area contributed by atoms with Crippen LogP contribution in [0.1, 0.15) is 44.9 Å². The van der Waals surface area contributed by atoms with Crippen LogP contribution >= 0.6 is 0 Å². The van der Waals surface area contributed by atoms with Crippen molar-refractivity contribution in [2.24, 2.45) is 23.2 Å². The molecule has 6 heteroatoms. The first-order chi connectivity index (χ1) is 11.0. The van der Waals surface area contributed by atoms with Crippen LogP contribution in [0.2, 0.25) is 0 Å². The van der Waals surface area contributed by atoms with Crippen molar-refractivity contribution in [2.45, 2.75) is 51.0 Å². The Morgan fingerprint density at radius 3 is 1.96 bits per heavy atom. The molecule has 0 spiro atoms. The van der Waals surface area contributed by atoms with Crippen molar-refractivity contribution < 1.29 is 23.9 Å². The van der Waals surface area contributed by atoms with E-state index in [1.54, 1.807) is 0 Å². The van der Waals surface area contributed by atoms with Gasteiger partial charge in [-0.3, -0.25) is 9.59 Å². The van der Waals surface area contributed by atoms with Crippen molar-refractivity contribution in [3.63, 3.8) is 0 Å². The fraction of sp³-hybridized carbons (Fsp3) is 0.824. The third kappa shape index (κ3) is 3.08. The maximum Gasteiger partial charge on any atom is 0.328 e. The van der Waals surface area contributed by atoms with Gasteiger partial charge in [0.2, 0.25) is 5.91 Å². The summed E-state index contributed by atoms with van der Waals surface area (Å²) in [5, 5.41) is 2.78. The third-order valence-electron chi connectivity index (χ3n) is 5.91. The Hall–Kier alpha value is -1.59. The van der Waals surface area contributed by atoms with Gasteiger partial charge in [0.1, 0.15) is 6.04 Å². The first-order valence-corrected chi connectivity index (χ1v) is 8.41. The molecule has 0 heterocycles. The lowest BCUT2D eigenvalue weighted by molar-refractivity contribution is -0.155. The standard InChI is InChI=1S/C17H25NO5/c1-22-14(19)6-13(15(20)23-2)18-16(21)17-7-10-3-11(8-17)5-12(4-10)9-17/h10-13H,3-9H2,1-2H3,(H,18,21). The van der Waals surface area contributed by atoms with Gasteiger partial charge in [0.25, 0.3) is 0 Å². The molecule has 0 aliphatic heterocycles. The molecule has 4 saturated carbocycles. The highest BCUT2D eigenvalue weighted by Crippen LogP contribution is 2.60. The summed E-state index contributed by atoms with van der Waals surface area (Å²) in [6.45, 7) is 0. The topological polar surface area (TPSA) is 81.7 Å². The quantitative estimate of drug-likeness (QED) is 0.774. The highest BCUT2D eigenvalue weighted by Gasteiger charge is 2.55. The van der Waals surface area contributed by atoms with E-state index in [1.165, 1.54) is 33.5 Å². The van der Waals surface area contributed by atoms with E-state index in [-0.39, 0.29) is 17.7 Å². The summed E-state index contributed by atoms with van der Waals surface area (Å²) in [5.74, 6) is 0.702. The van der Waals surface area contributed by atoms with Gasteiger partial charge in [-0.15, -0.1) is 0 Å². The first-order valence-electron chi connectivity index (χ1n) is 8.41. The molecule has 0 aromatic rings. The van der Waals surface area contributed by atoms with Crippen molar-refractivity contribution in [2.75, 3.05) is 14.2 Å². The highest BCUT2D eigenvalue weighted by atomic mass is 16.5. The van der Waals surface area contributed by atoms with Gasteiger partial charge in [0, 0.05) is 5.41 Å². The van der Waals surface area contributed by atoms with Crippen LogP contribution < -0.4 is 5.32 Å². The molecule has 23 heavy (non-hydrogen) atoms. The fourth-order valence-electron chi connectivity index (χ4n) is 5.29. The van der Waals surface area contributed by atoms with E-state index in [1.807, 2.05) is 0 Å². The summed E-state index contributed by atoms with van der Waals surface area (Å²) in [7, 11) is 2.51. The van der Waals surface area contributed by atoms with Crippen molar-refractivity contribution >= 4 is 17.8 Å². The number of hydrogen-bond acceptors (Lipinski definition) is 5. The Morgan fingerprint density at radius 2 is 1.52 bits per heavy atom. The second-order valence-electron chi connectivity index (χ2n) is 7.53. The van der Waals surface area contributed by atoms with Gasteiger partial charge in [-0.25, -0.2) is 4.79 Å². The number of amides is 1. The van der Waals surface area contributed by atoms with E-state index in [0.29, 0.717) is 17.8 Å². The maximum absolute atomic E-state index is 12.9. The number of esters is 2. The SMILES string of the molecule is COC(=O)CC(NC(=O)C12CC3CC(CC(C3)C1)C2)C(=O)OC. The largest absolute Gasteiger partial charge is 0.469 e. The van der Waals surface area contributed by atoms with Crippen LogP contribution in [0.15, 0.2) is 0 Å². The predicted molar refractivity (Wildman–Crippen MR) is 81.2 cm³/mol. The molecule has 1 atom stereocenters. The molecule has 1 unspecified atom stereocenters.